The monoisotopic (exact) mass is 499 g/mol. The molecule has 1 aromatic carbocycles. The summed E-state index contributed by atoms with van der Waals surface area (Å²) in [4.78, 5) is 9.25. The molecule has 0 atom stereocenters. The summed E-state index contributed by atoms with van der Waals surface area (Å²) >= 11 is 0. The Morgan fingerprint density at radius 3 is 2.51 bits per heavy atom. The van der Waals surface area contributed by atoms with E-state index in [1.165, 1.54) is 48.7 Å². The maximum Gasteiger partial charge on any atom is 0.265 e. The minimum atomic E-state index is -3.79. The van der Waals surface area contributed by atoms with Gasteiger partial charge in [-0.1, -0.05) is 40.0 Å². The van der Waals surface area contributed by atoms with Crippen molar-refractivity contribution in [2.45, 2.75) is 69.7 Å². The lowest BCUT2D eigenvalue weighted by molar-refractivity contribution is 0.311. The highest BCUT2D eigenvalue weighted by molar-refractivity contribution is 7.92. The molecule has 1 aliphatic rings. The van der Waals surface area contributed by atoms with Crippen LogP contribution in [0.2, 0.25) is 0 Å². The predicted octanol–water partition coefficient (Wildman–Crippen LogP) is 4.54. The lowest BCUT2D eigenvalue weighted by atomic mass is 9.88. The first-order chi connectivity index (χ1) is 16.6. The molecule has 190 valence electrons. The topological polar surface area (TPSA) is 100 Å². The number of rotatable bonds is 8. The Labute approximate surface area is 208 Å². The summed E-state index contributed by atoms with van der Waals surface area (Å²) in [7, 11) is -2.24. The van der Waals surface area contributed by atoms with Crippen LogP contribution in [0.1, 0.15) is 58.7 Å². The zero-order valence-corrected chi connectivity index (χ0v) is 22.0. The van der Waals surface area contributed by atoms with Crippen LogP contribution in [0.4, 0.5) is 11.5 Å². The molecular weight excluding hydrogens is 462 g/mol. The summed E-state index contributed by atoms with van der Waals surface area (Å²) < 4.78 is 30.2. The summed E-state index contributed by atoms with van der Waals surface area (Å²) in [6, 6.07) is 8.85. The molecule has 35 heavy (non-hydrogen) atoms. The first-order valence-corrected chi connectivity index (χ1v) is 13.9. The molecule has 4 rings (SSSR count). The molecule has 0 aliphatic heterocycles. The van der Waals surface area contributed by atoms with E-state index in [2.05, 4.69) is 35.6 Å². The van der Waals surface area contributed by atoms with Crippen LogP contribution in [0.3, 0.4) is 0 Å². The summed E-state index contributed by atoms with van der Waals surface area (Å²) in [5.74, 6) is 2.21. The molecule has 2 N–H and O–H groups in total. The van der Waals surface area contributed by atoms with Crippen LogP contribution in [-0.2, 0) is 22.0 Å². The first kappa shape index (κ1) is 25.4. The number of imidazole rings is 1. The van der Waals surface area contributed by atoms with Crippen molar-refractivity contribution >= 4 is 32.6 Å². The Bertz CT molecular complexity index is 1260. The number of aromatic nitrogens is 3. The summed E-state index contributed by atoms with van der Waals surface area (Å²) in [5, 5.41) is 11.9. The fraction of sp³-hybridized carbons (Fsp3) is 0.538. The van der Waals surface area contributed by atoms with Crippen molar-refractivity contribution in [1.29, 1.82) is 0 Å². The van der Waals surface area contributed by atoms with E-state index in [1.807, 2.05) is 18.2 Å². The van der Waals surface area contributed by atoms with Gasteiger partial charge in [0.1, 0.15) is 16.5 Å². The first-order valence-electron chi connectivity index (χ1n) is 12.4. The second kappa shape index (κ2) is 10.1. The maximum atomic E-state index is 13.3. The maximum absolute atomic E-state index is 13.3. The Hall–Kier alpha value is -2.65. The Morgan fingerprint density at radius 2 is 1.89 bits per heavy atom. The van der Waals surface area contributed by atoms with Gasteiger partial charge in [-0.25, -0.2) is 18.4 Å². The predicted molar refractivity (Wildman–Crippen MR) is 140 cm³/mol. The van der Waals surface area contributed by atoms with E-state index < -0.39 is 10.0 Å². The molecule has 9 heteroatoms. The second-order valence-electron chi connectivity index (χ2n) is 10.5. The quantitative estimate of drug-likeness (QED) is 0.472. The minimum absolute atomic E-state index is 0.0275. The van der Waals surface area contributed by atoms with Crippen LogP contribution >= 0.6 is 0 Å². The number of hydrogen-bond acceptors (Lipinski definition) is 6. The number of nitrogens with one attached hydrogen (secondary N) is 1. The molecule has 0 bridgehead atoms. The van der Waals surface area contributed by atoms with Crippen molar-refractivity contribution in [3.63, 3.8) is 0 Å². The number of aliphatic hydroxyl groups excluding tert-OH is 1. The van der Waals surface area contributed by atoms with Crippen molar-refractivity contribution in [3.05, 3.63) is 42.4 Å². The molecule has 0 spiro atoms. The second-order valence-corrected chi connectivity index (χ2v) is 12.4. The minimum Gasteiger partial charge on any atom is -0.395 e. The third kappa shape index (κ3) is 5.46. The van der Waals surface area contributed by atoms with Gasteiger partial charge in [0.15, 0.2) is 0 Å². The third-order valence-electron chi connectivity index (χ3n) is 6.74. The molecule has 8 nitrogen and oxygen atoms in total. The van der Waals surface area contributed by atoms with Gasteiger partial charge >= 0.3 is 0 Å². The van der Waals surface area contributed by atoms with E-state index in [1.54, 1.807) is 13.1 Å². The molecule has 0 amide bonds. The van der Waals surface area contributed by atoms with E-state index in [-0.39, 0.29) is 16.9 Å². The molecule has 1 fully saturated rings. The van der Waals surface area contributed by atoms with E-state index >= 15 is 0 Å². The van der Waals surface area contributed by atoms with Gasteiger partial charge in [0.05, 0.1) is 23.3 Å². The van der Waals surface area contributed by atoms with Crippen LogP contribution < -0.4 is 9.62 Å². The van der Waals surface area contributed by atoms with Gasteiger partial charge in [-0.2, -0.15) is 0 Å². The van der Waals surface area contributed by atoms with Gasteiger partial charge in [0.2, 0.25) is 0 Å². The van der Waals surface area contributed by atoms with E-state index in [9.17, 15) is 8.42 Å². The highest BCUT2D eigenvalue weighted by Gasteiger charge is 2.27. The third-order valence-corrected chi connectivity index (χ3v) is 8.51. The van der Waals surface area contributed by atoms with Crippen molar-refractivity contribution in [2.75, 3.05) is 29.8 Å². The highest BCUT2D eigenvalue weighted by Crippen LogP contribution is 2.33. The van der Waals surface area contributed by atoms with Gasteiger partial charge in [-0.15, -0.1) is 0 Å². The van der Waals surface area contributed by atoms with Crippen molar-refractivity contribution in [2.24, 2.45) is 5.92 Å². The Kier molecular flexibility index (Phi) is 7.38. The van der Waals surface area contributed by atoms with Gasteiger partial charge in [0.25, 0.3) is 10.0 Å². The van der Waals surface area contributed by atoms with E-state index in [0.29, 0.717) is 24.0 Å². The number of fused-ring (bicyclic) bond motifs is 1. The molecule has 0 radical (unpaired) electrons. The number of nitrogens with zero attached hydrogens (tertiary/aromatic N) is 4. The highest BCUT2D eigenvalue weighted by atomic mass is 32.2. The number of aliphatic hydroxyl groups is 1. The smallest absolute Gasteiger partial charge is 0.265 e. The van der Waals surface area contributed by atoms with Gasteiger partial charge in [-0.05, 0) is 49.1 Å². The lowest BCUT2D eigenvalue weighted by Crippen LogP contribution is -2.26. The molecule has 2 aromatic heterocycles. The fourth-order valence-corrected chi connectivity index (χ4v) is 5.95. The Morgan fingerprint density at radius 1 is 1.14 bits per heavy atom. The molecule has 0 saturated heterocycles. The normalized spacial score (nSPS) is 15.5. The molecule has 1 saturated carbocycles. The van der Waals surface area contributed by atoms with Crippen LogP contribution in [0.5, 0.6) is 0 Å². The average Bonchev–Trinajstić information content (AvgIpc) is 3.21. The number of benzene rings is 1. The Balaban J connectivity index is 1.65. The number of anilines is 2. The largest absolute Gasteiger partial charge is 0.395 e. The SMILES string of the molecule is CN(c1ccc2c(c1)nc(C(C)(C)C)n2CC1CCCCC1)S(=O)(=O)c1ccc(NCCO)nc1. The zero-order chi connectivity index (χ0) is 25.2. The van der Waals surface area contributed by atoms with Crippen LogP contribution in [0, 0.1) is 5.92 Å². The van der Waals surface area contributed by atoms with Gasteiger partial charge in [-0.3, -0.25) is 4.31 Å². The van der Waals surface area contributed by atoms with E-state index in [4.69, 9.17) is 10.1 Å². The lowest BCUT2D eigenvalue weighted by Gasteiger charge is -2.26. The zero-order valence-electron chi connectivity index (χ0n) is 21.2. The van der Waals surface area contributed by atoms with Crippen molar-refractivity contribution in [1.82, 2.24) is 14.5 Å². The molecule has 0 unspecified atom stereocenters. The standard InChI is InChI=1S/C26H37N5O3S/c1-26(2,3)25-29-22-16-20(10-12-23(22)31(25)18-19-8-6-5-7-9-19)30(4)35(33,34)21-11-13-24(28-17-21)27-14-15-32/h10-13,16-17,19,32H,5-9,14-15,18H2,1-4H3,(H,27,28). The van der Waals surface area contributed by atoms with Crippen molar-refractivity contribution < 1.29 is 13.5 Å². The van der Waals surface area contributed by atoms with Crippen LogP contribution in [0.15, 0.2) is 41.4 Å². The number of pyridine rings is 1. The summed E-state index contributed by atoms with van der Waals surface area (Å²) in [5.41, 5.74) is 2.30. The summed E-state index contributed by atoms with van der Waals surface area (Å²) in [6.07, 6.45) is 7.76. The fourth-order valence-electron chi connectivity index (χ4n) is 4.82. The van der Waals surface area contributed by atoms with Gasteiger partial charge < -0.3 is 15.0 Å². The van der Waals surface area contributed by atoms with Crippen LogP contribution in [-0.4, -0.2) is 48.3 Å². The number of sulfonamides is 1. The van der Waals surface area contributed by atoms with Crippen LogP contribution in [0.25, 0.3) is 11.0 Å². The molecule has 2 heterocycles. The molecule has 3 aromatic rings. The van der Waals surface area contributed by atoms with E-state index in [0.717, 1.165) is 23.4 Å². The number of hydrogen-bond donors (Lipinski definition) is 2. The molecular formula is C26H37N5O3S. The molecule has 1 aliphatic carbocycles. The average molecular weight is 500 g/mol. The van der Waals surface area contributed by atoms with Crippen molar-refractivity contribution in [3.8, 4) is 0 Å². The summed E-state index contributed by atoms with van der Waals surface area (Å²) in [6.45, 7) is 7.81. The van der Waals surface area contributed by atoms with Gasteiger partial charge in [0, 0.05) is 31.7 Å².